The zero-order chi connectivity index (χ0) is 13.7. The van der Waals surface area contributed by atoms with Crippen molar-refractivity contribution >= 4 is 46.6 Å². The smallest absolute Gasteiger partial charge is 0.169 e. The van der Waals surface area contributed by atoms with E-state index in [1.54, 1.807) is 24.3 Å². The van der Waals surface area contributed by atoms with E-state index in [9.17, 15) is 4.79 Å². The minimum Gasteiger partial charge on any atom is -0.298 e. The highest BCUT2D eigenvalue weighted by Gasteiger charge is 2.09. The fraction of sp³-hybridized carbons (Fsp3) is 0.0667. The maximum absolute atomic E-state index is 11.9. The van der Waals surface area contributed by atoms with Gasteiger partial charge in [-0.2, -0.15) is 0 Å². The van der Waals surface area contributed by atoms with E-state index in [-0.39, 0.29) is 24.6 Å². The van der Waals surface area contributed by atoms with Crippen LogP contribution in [0.4, 0.5) is 0 Å². The van der Waals surface area contributed by atoms with Crippen LogP contribution < -0.4 is 0 Å². The highest BCUT2D eigenvalue weighted by atomic mass is 35.5. The van der Waals surface area contributed by atoms with Crippen LogP contribution in [0.15, 0.2) is 59.5 Å². The second-order valence-corrected chi connectivity index (χ2v) is 5.55. The Bertz CT molecular complexity index is 585. The first-order valence-corrected chi connectivity index (χ1v) is 6.93. The van der Waals surface area contributed by atoms with Gasteiger partial charge in [0.15, 0.2) is 5.78 Å². The van der Waals surface area contributed by atoms with Crippen LogP contribution in [0.5, 0.6) is 0 Å². The monoisotopic (exact) mass is 325 g/mol. The number of rotatable bonds is 4. The summed E-state index contributed by atoms with van der Waals surface area (Å²) in [6.07, 6.45) is 0.122. The van der Waals surface area contributed by atoms with Crippen molar-refractivity contribution in [3.05, 3.63) is 65.2 Å². The fourth-order valence-corrected chi connectivity index (χ4v) is 2.44. The molecule has 0 aliphatic heterocycles. The number of carbonyl (C=O) groups is 1. The summed E-state index contributed by atoms with van der Waals surface area (Å²) >= 11 is 7.07. The molecule has 0 heterocycles. The van der Waals surface area contributed by atoms with Gasteiger partial charge in [-0.25, -0.2) is 0 Å². The normalized spacial score (nSPS) is 9.65. The number of benzene rings is 2. The minimum atomic E-state index is -0.0351. The van der Waals surface area contributed by atoms with Crippen LogP contribution in [0.1, 0.15) is 16.8 Å². The van der Waals surface area contributed by atoms with E-state index >= 15 is 0 Å². The number of carbonyl (C=O) groups excluding carboxylic acids is 1. The lowest BCUT2D eigenvalue weighted by atomic mass is 10.1. The lowest BCUT2D eigenvalue weighted by Gasteiger charge is -2.04. The molecule has 0 aliphatic carbocycles. The first kappa shape index (κ1) is 16.8. The van der Waals surface area contributed by atoms with Gasteiger partial charge in [0.2, 0.25) is 0 Å². The highest BCUT2D eigenvalue weighted by Crippen LogP contribution is 2.23. The zero-order valence-corrected chi connectivity index (χ0v) is 12.9. The Morgan fingerprint density at radius 3 is 2.25 bits per heavy atom. The molecule has 0 amide bonds. The highest BCUT2D eigenvalue weighted by molar-refractivity contribution is 8.13. The van der Waals surface area contributed by atoms with Gasteiger partial charge in [-0.3, -0.25) is 10.2 Å². The van der Waals surface area contributed by atoms with E-state index in [2.05, 4.69) is 0 Å². The summed E-state index contributed by atoms with van der Waals surface area (Å²) < 4.78 is 0. The molecule has 0 bridgehead atoms. The molecule has 2 nitrogen and oxygen atoms in total. The molecule has 0 aliphatic rings. The van der Waals surface area contributed by atoms with Crippen LogP contribution in [0.25, 0.3) is 0 Å². The molecule has 2 aromatic carbocycles. The largest absolute Gasteiger partial charge is 0.298 e. The summed E-state index contributed by atoms with van der Waals surface area (Å²) in [5, 5.41) is 8.86. The third-order valence-electron chi connectivity index (χ3n) is 2.47. The predicted octanol–water partition coefficient (Wildman–Crippen LogP) is 5.10. The maximum Gasteiger partial charge on any atom is 0.169 e. The molecule has 0 aromatic heterocycles. The van der Waals surface area contributed by atoms with Crippen LogP contribution >= 0.6 is 35.8 Å². The second-order valence-electron chi connectivity index (χ2n) is 3.95. The standard InChI is InChI=1S/C15H12ClNOS.ClH/c16-12-6-8-13(9-7-12)19-15(17)10-14(18)11-4-2-1-3-5-11;/h1-9,17H,10H2;1H. The maximum atomic E-state index is 11.9. The molecule has 5 heteroatoms. The summed E-state index contributed by atoms with van der Waals surface area (Å²) in [4.78, 5) is 12.8. The summed E-state index contributed by atoms with van der Waals surface area (Å²) in [7, 11) is 0. The molecular formula is C15H13Cl2NOS. The number of nitrogens with one attached hydrogen (secondary N) is 1. The van der Waals surface area contributed by atoms with Crippen LogP contribution in [-0.2, 0) is 0 Å². The van der Waals surface area contributed by atoms with Gasteiger partial charge in [-0.15, -0.1) is 12.4 Å². The van der Waals surface area contributed by atoms with Crippen molar-refractivity contribution in [1.29, 1.82) is 5.41 Å². The van der Waals surface area contributed by atoms with Gasteiger partial charge in [0.1, 0.15) is 0 Å². The van der Waals surface area contributed by atoms with Crippen molar-refractivity contribution in [3.8, 4) is 0 Å². The summed E-state index contributed by atoms with van der Waals surface area (Å²) in [6.45, 7) is 0. The Hall–Kier alpha value is -1.29. The average molecular weight is 326 g/mol. The minimum absolute atomic E-state index is 0. The summed E-state index contributed by atoms with van der Waals surface area (Å²) in [5.74, 6) is -0.0351. The Balaban J connectivity index is 0.00000200. The number of halogens is 2. The average Bonchev–Trinajstić information content (AvgIpc) is 2.42. The Labute approximate surface area is 133 Å². The first-order valence-electron chi connectivity index (χ1n) is 5.74. The molecule has 2 rings (SSSR count). The third-order valence-corrected chi connectivity index (χ3v) is 3.62. The van der Waals surface area contributed by atoms with E-state index in [0.717, 1.165) is 4.90 Å². The van der Waals surface area contributed by atoms with Crippen molar-refractivity contribution in [2.75, 3.05) is 0 Å². The van der Waals surface area contributed by atoms with Crippen LogP contribution in [-0.4, -0.2) is 10.8 Å². The van der Waals surface area contributed by atoms with Gasteiger partial charge in [-0.05, 0) is 24.3 Å². The SMILES string of the molecule is Cl.N=C(CC(=O)c1ccccc1)Sc1ccc(Cl)cc1. The van der Waals surface area contributed by atoms with Crippen molar-refractivity contribution in [2.24, 2.45) is 0 Å². The van der Waals surface area contributed by atoms with Gasteiger partial charge >= 0.3 is 0 Å². The zero-order valence-electron chi connectivity index (χ0n) is 10.5. The molecule has 2 aromatic rings. The van der Waals surface area contributed by atoms with Crippen LogP contribution in [0.3, 0.4) is 0 Å². The van der Waals surface area contributed by atoms with Crippen molar-refractivity contribution in [2.45, 2.75) is 11.3 Å². The number of hydrogen-bond acceptors (Lipinski definition) is 3. The van der Waals surface area contributed by atoms with Crippen molar-refractivity contribution in [3.63, 3.8) is 0 Å². The van der Waals surface area contributed by atoms with Gasteiger partial charge in [0.25, 0.3) is 0 Å². The van der Waals surface area contributed by atoms with E-state index in [1.165, 1.54) is 11.8 Å². The number of thioether (sulfide) groups is 1. The molecule has 0 unspecified atom stereocenters. The van der Waals surface area contributed by atoms with E-state index in [0.29, 0.717) is 15.6 Å². The number of ketones is 1. The van der Waals surface area contributed by atoms with Gasteiger partial charge < -0.3 is 0 Å². The quantitative estimate of drug-likeness (QED) is 0.367. The number of hydrogen-bond donors (Lipinski definition) is 1. The predicted molar refractivity (Wildman–Crippen MR) is 87.7 cm³/mol. The molecule has 0 saturated heterocycles. The molecule has 0 saturated carbocycles. The Morgan fingerprint density at radius 2 is 1.65 bits per heavy atom. The Kier molecular flexibility index (Phi) is 6.79. The molecule has 1 N–H and O–H groups in total. The number of Topliss-reactive ketones (excluding diaryl/α,β-unsaturated/α-hetero) is 1. The lowest BCUT2D eigenvalue weighted by Crippen LogP contribution is -2.04. The lowest BCUT2D eigenvalue weighted by molar-refractivity contribution is 0.100. The Morgan fingerprint density at radius 1 is 1.05 bits per heavy atom. The molecular weight excluding hydrogens is 313 g/mol. The van der Waals surface area contributed by atoms with E-state index in [1.807, 2.05) is 30.3 Å². The molecule has 20 heavy (non-hydrogen) atoms. The molecule has 104 valence electrons. The molecule has 0 fully saturated rings. The summed E-state index contributed by atoms with van der Waals surface area (Å²) in [6, 6.07) is 16.3. The van der Waals surface area contributed by atoms with Gasteiger partial charge in [0, 0.05) is 15.5 Å². The fourth-order valence-electron chi connectivity index (χ4n) is 1.55. The second kappa shape index (κ2) is 8.10. The third kappa shape index (κ3) is 5.00. The van der Waals surface area contributed by atoms with E-state index in [4.69, 9.17) is 17.0 Å². The molecule has 0 radical (unpaired) electrons. The summed E-state index contributed by atoms with van der Waals surface area (Å²) in [5.41, 5.74) is 0.643. The van der Waals surface area contributed by atoms with Crippen LogP contribution in [0.2, 0.25) is 5.02 Å². The topological polar surface area (TPSA) is 40.9 Å². The van der Waals surface area contributed by atoms with Crippen molar-refractivity contribution in [1.82, 2.24) is 0 Å². The van der Waals surface area contributed by atoms with Gasteiger partial charge in [0.05, 0.1) is 11.5 Å². The molecule has 0 atom stereocenters. The van der Waals surface area contributed by atoms with Crippen molar-refractivity contribution < 1.29 is 4.79 Å². The first-order chi connectivity index (χ1) is 9.15. The van der Waals surface area contributed by atoms with Gasteiger partial charge in [-0.1, -0.05) is 53.7 Å². The van der Waals surface area contributed by atoms with Crippen LogP contribution in [0, 0.1) is 5.41 Å². The van der Waals surface area contributed by atoms with E-state index < -0.39 is 0 Å². The molecule has 0 spiro atoms.